The van der Waals surface area contributed by atoms with Crippen molar-refractivity contribution in [3.63, 3.8) is 0 Å². The van der Waals surface area contributed by atoms with E-state index >= 15 is 0 Å². The lowest BCUT2D eigenvalue weighted by molar-refractivity contribution is 0.0682. The van der Waals surface area contributed by atoms with Crippen molar-refractivity contribution in [3.05, 3.63) is 35.4 Å². The van der Waals surface area contributed by atoms with Crippen LogP contribution in [0.5, 0.6) is 0 Å². The van der Waals surface area contributed by atoms with E-state index in [1.165, 1.54) is 0 Å². The minimum absolute atomic E-state index is 0. The summed E-state index contributed by atoms with van der Waals surface area (Å²) in [5.41, 5.74) is -0.168. The van der Waals surface area contributed by atoms with E-state index in [4.69, 9.17) is 0 Å². The fourth-order valence-electron chi connectivity index (χ4n) is 2.60. The molecule has 0 atom stereocenters. The topological polar surface area (TPSA) is 32.3 Å². The Kier molecular flexibility index (Phi) is 7.05. The molecule has 0 radical (unpaired) electrons. The Morgan fingerprint density at radius 2 is 2.00 bits per heavy atom. The van der Waals surface area contributed by atoms with Crippen LogP contribution >= 0.6 is 12.4 Å². The molecule has 1 aliphatic rings. The number of amides is 1. The third-order valence-electron chi connectivity index (χ3n) is 3.86. The maximum absolute atomic E-state index is 13.6. The van der Waals surface area contributed by atoms with Gasteiger partial charge in [0, 0.05) is 13.1 Å². The fourth-order valence-corrected chi connectivity index (χ4v) is 2.60. The number of likely N-dealkylation sites (tertiary alicyclic amines) is 1. The Balaban J connectivity index is 0.00000220. The lowest BCUT2D eigenvalue weighted by Gasteiger charge is -2.32. The molecule has 1 saturated heterocycles. The van der Waals surface area contributed by atoms with E-state index in [2.05, 4.69) is 5.32 Å². The van der Waals surface area contributed by atoms with Crippen molar-refractivity contribution in [3.8, 4) is 0 Å². The molecule has 0 unspecified atom stereocenters. The molecular weight excluding hydrogens is 298 g/mol. The molecule has 6 heteroatoms. The zero-order valence-corrected chi connectivity index (χ0v) is 12.9. The van der Waals surface area contributed by atoms with E-state index in [9.17, 15) is 13.6 Å². The number of hydrogen-bond acceptors (Lipinski definition) is 2. The Labute approximate surface area is 130 Å². The number of nitrogens with zero attached hydrogens (tertiary/aromatic N) is 1. The van der Waals surface area contributed by atoms with Crippen molar-refractivity contribution in [2.24, 2.45) is 5.92 Å². The number of nitrogens with one attached hydrogen (secondary N) is 1. The molecule has 0 bridgehead atoms. The zero-order valence-electron chi connectivity index (χ0n) is 12.1. The van der Waals surface area contributed by atoms with Crippen LogP contribution in [0.25, 0.3) is 0 Å². The molecule has 1 aliphatic heterocycles. The summed E-state index contributed by atoms with van der Waals surface area (Å²) in [4.78, 5) is 13.8. The van der Waals surface area contributed by atoms with E-state index in [0.29, 0.717) is 19.0 Å². The molecule has 0 aliphatic carbocycles. The minimum Gasteiger partial charge on any atom is -0.339 e. The predicted molar refractivity (Wildman–Crippen MR) is 80.8 cm³/mol. The van der Waals surface area contributed by atoms with Crippen LogP contribution in [0.2, 0.25) is 0 Å². The molecule has 1 N–H and O–H groups in total. The quantitative estimate of drug-likeness (QED) is 0.926. The van der Waals surface area contributed by atoms with Gasteiger partial charge in [-0.15, -0.1) is 12.4 Å². The molecule has 118 valence electrons. The number of carbonyl (C=O) groups excluding carboxylic acids is 1. The lowest BCUT2D eigenvalue weighted by Crippen LogP contribution is -2.39. The Morgan fingerprint density at radius 1 is 1.33 bits per heavy atom. The molecule has 3 nitrogen and oxygen atoms in total. The third-order valence-corrected chi connectivity index (χ3v) is 3.86. The lowest BCUT2D eigenvalue weighted by atomic mass is 9.93. The average Bonchev–Trinajstić information content (AvgIpc) is 2.47. The predicted octanol–water partition coefficient (Wildman–Crippen LogP) is 2.85. The molecule has 0 saturated carbocycles. The van der Waals surface area contributed by atoms with E-state index in [-0.39, 0.29) is 18.0 Å². The van der Waals surface area contributed by atoms with Gasteiger partial charge in [0.05, 0.1) is 5.56 Å². The summed E-state index contributed by atoms with van der Waals surface area (Å²) in [5.74, 6) is -1.05. The van der Waals surface area contributed by atoms with Crippen molar-refractivity contribution in [1.82, 2.24) is 10.2 Å². The van der Waals surface area contributed by atoms with Gasteiger partial charge in [-0.3, -0.25) is 4.79 Å². The second kappa shape index (κ2) is 8.29. The standard InChI is InChI=1S/C15H20F2N2O.ClH/c1-18-7-4-11-5-8-19(9-6-11)15(20)13-10-12(16)2-3-14(13)17;/h2-3,10-11,18H,4-9H2,1H3;1H. The maximum Gasteiger partial charge on any atom is 0.256 e. The van der Waals surface area contributed by atoms with E-state index < -0.39 is 17.5 Å². The van der Waals surface area contributed by atoms with Crippen LogP contribution in [0.1, 0.15) is 29.6 Å². The van der Waals surface area contributed by atoms with Gasteiger partial charge in [-0.25, -0.2) is 8.78 Å². The van der Waals surface area contributed by atoms with Crippen LogP contribution in [0.4, 0.5) is 8.78 Å². The first-order valence-corrected chi connectivity index (χ1v) is 7.00. The summed E-state index contributed by atoms with van der Waals surface area (Å²) < 4.78 is 26.7. The maximum atomic E-state index is 13.6. The summed E-state index contributed by atoms with van der Waals surface area (Å²) in [6.45, 7) is 2.20. The van der Waals surface area contributed by atoms with Gasteiger partial charge in [-0.1, -0.05) is 0 Å². The summed E-state index contributed by atoms with van der Waals surface area (Å²) in [6, 6.07) is 3.00. The highest BCUT2D eigenvalue weighted by molar-refractivity contribution is 5.94. The van der Waals surface area contributed by atoms with Gasteiger partial charge in [0.25, 0.3) is 5.91 Å². The smallest absolute Gasteiger partial charge is 0.256 e. The number of piperidine rings is 1. The Morgan fingerprint density at radius 3 is 2.62 bits per heavy atom. The van der Waals surface area contributed by atoms with Crippen molar-refractivity contribution >= 4 is 18.3 Å². The second-order valence-electron chi connectivity index (χ2n) is 5.25. The number of halogens is 3. The molecule has 1 amide bonds. The zero-order chi connectivity index (χ0) is 14.5. The van der Waals surface area contributed by atoms with Crippen molar-refractivity contribution < 1.29 is 13.6 Å². The highest BCUT2D eigenvalue weighted by Gasteiger charge is 2.25. The van der Waals surface area contributed by atoms with Crippen LogP contribution in [-0.2, 0) is 0 Å². The molecule has 1 aromatic rings. The van der Waals surface area contributed by atoms with E-state index in [1.54, 1.807) is 4.90 Å². The van der Waals surface area contributed by atoms with Crippen LogP contribution in [0.15, 0.2) is 18.2 Å². The molecule has 1 fully saturated rings. The summed E-state index contributed by atoms with van der Waals surface area (Å²) in [5, 5.41) is 3.12. The monoisotopic (exact) mass is 318 g/mol. The first kappa shape index (κ1) is 17.9. The summed E-state index contributed by atoms with van der Waals surface area (Å²) in [7, 11) is 1.92. The molecule has 2 rings (SSSR count). The van der Waals surface area contributed by atoms with Gasteiger partial charge in [-0.2, -0.15) is 0 Å². The Hall–Kier alpha value is -1.20. The summed E-state index contributed by atoms with van der Waals surface area (Å²) >= 11 is 0. The first-order chi connectivity index (χ1) is 9.61. The van der Waals surface area contributed by atoms with Gasteiger partial charge in [0.15, 0.2) is 0 Å². The average molecular weight is 319 g/mol. The van der Waals surface area contributed by atoms with Gasteiger partial charge < -0.3 is 10.2 Å². The van der Waals surface area contributed by atoms with Crippen molar-refractivity contribution in [1.29, 1.82) is 0 Å². The van der Waals surface area contributed by atoms with E-state index in [1.807, 2.05) is 7.05 Å². The van der Waals surface area contributed by atoms with Gasteiger partial charge >= 0.3 is 0 Å². The normalized spacial score (nSPS) is 15.7. The molecule has 0 spiro atoms. The minimum atomic E-state index is -0.659. The molecule has 21 heavy (non-hydrogen) atoms. The largest absolute Gasteiger partial charge is 0.339 e. The SMILES string of the molecule is CNCCC1CCN(C(=O)c2cc(F)ccc2F)CC1.Cl. The van der Waals surface area contributed by atoms with Gasteiger partial charge in [-0.05, 0) is 57.0 Å². The number of rotatable bonds is 4. The highest BCUT2D eigenvalue weighted by atomic mass is 35.5. The number of hydrogen-bond donors (Lipinski definition) is 1. The summed E-state index contributed by atoms with van der Waals surface area (Å²) in [6.07, 6.45) is 2.93. The third kappa shape index (κ3) is 4.64. The van der Waals surface area contributed by atoms with Crippen molar-refractivity contribution in [2.75, 3.05) is 26.7 Å². The van der Waals surface area contributed by atoms with Gasteiger partial charge in [0.1, 0.15) is 11.6 Å². The van der Waals surface area contributed by atoms with Crippen LogP contribution < -0.4 is 5.32 Å². The Bertz CT molecular complexity index is 477. The number of benzene rings is 1. The van der Waals surface area contributed by atoms with Gasteiger partial charge in [0.2, 0.25) is 0 Å². The molecular formula is C15H21ClF2N2O. The van der Waals surface area contributed by atoms with Crippen molar-refractivity contribution in [2.45, 2.75) is 19.3 Å². The van der Waals surface area contributed by atoms with Crippen LogP contribution in [-0.4, -0.2) is 37.5 Å². The fraction of sp³-hybridized carbons (Fsp3) is 0.533. The highest BCUT2D eigenvalue weighted by Crippen LogP contribution is 2.22. The van der Waals surface area contributed by atoms with E-state index in [0.717, 1.165) is 44.0 Å². The van der Waals surface area contributed by atoms with Crippen LogP contribution in [0, 0.1) is 17.6 Å². The number of carbonyl (C=O) groups is 1. The van der Waals surface area contributed by atoms with Crippen LogP contribution in [0.3, 0.4) is 0 Å². The molecule has 1 heterocycles. The molecule has 0 aromatic heterocycles. The first-order valence-electron chi connectivity index (χ1n) is 7.00. The molecule has 1 aromatic carbocycles. The second-order valence-corrected chi connectivity index (χ2v) is 5.25.